The van der Waals surface area contributed by atoms with E-state index in [-0.39, 0.29) is 16.3 Å². The van der Waals surface area contributed by atoms with Gasteiger partial charge < -0.3 is 10.4 Å². The Kier molecular flexibility index (Phi) is 3.33. The van der Waals surface area contributed by atoms with Crippen LogP contribution in [-0.2, 0) is 4.79 Å². The van der Waals surface area contributed by atoms with Crippen molar-refractivity contribution in [3.05, 3.63) is 38.5 Å². The minimum absolute atomic E-state index is 0.0199. The van der Waals surface area contributed by atoms with E-state index in [9.17, 15) is 24.8 Å². The number of phenols is 1. The Morgan fingerprint density at radius 1 is 1.45 bits per heavy atom. The molecule has 0 radical (unpaired) electrons. The van der Waals surface area contributed by atoms with Gasteiger partial charge in [-0.25, -0.2) is 4.79 Å². The van der Waals surface area contributed by atoms with Gasteiger partial charge in [0.15, 0.2) is 0 Å². The Labute approximate surface area is 117 Å². The average molecular weight is 298 g/mol. The Morgan fingerprint density at radius 2 is 2.10 bits per heavy atom. The predicted molar refractivity (Wildman–Crippen MR) is 69.0 cm³/mol. The summed E-state index contributed by atoms with van der Waals surface area (Å²) in [4.78, 5) is 33.7. The molecule has 1 aromatic rings. The molecule has 20 heavy (non-hydrogen) atoms. The highest BCUT2D eigenvalue weighted by molar-refractivity contribution is 6.31. The SMILES string of the molecule is CN1C(=O)N/C(=C/c2cc(Cl)cc([N+](=O)[O-])c2O)C1=O. The fourth-order valence-corrected chi connectivity index (χ4v) is 1.85. The molecule has 0 atom stereocenters. The van der Waals surface area contributed by atoms with Crippen molar-refractivity contribution in [2.45, 2.75) is 0 Å². The zero-order chi connectivity index (χ0) is 15.0. The molecule has 104 valence electrons. The first-order valence-electron chi connectivity index (χ1n) is 5.29. The smallest absolute Gasteiger partial charge is 0.328 e. The molecular formula is C11H8ClN3O5. The molecule has 0 aliphatic carbocycles. The fraction of sp³-hybridized carbons (Fsp3) is 0.0909. The number of amides is 3. The summed E-state index contributed by atoms with van der Waals surface area (Å²) in [5.41, 5.74) is -0.734. The van der Waals surface area contributed by atoms with E-state index in [4.69, 9.17) is 11.6 Å². The van der Waals surface area contributed by atoms with Crippen LogP contribution in [0.2, 0.25) is 5.02 Å². The number of rotatable bonds is 2. The van der Waals surface area contributed by atoms with Crippen LogP contribution in [0.4, 0.5) is 10.5 Å². The van der Waals surface area contributed by atoms with Crippen LogP contribution in [0.15, 0.2) is 17.8 Å². The van der Waals surface area contributed by atoms with Crippen molar-refractivity contribution in [3.63, 3.8) is 0 Å². The first-order valence-corrected chi connectivity index (χ1v) is 5.66. The highest BCUT2D eigenvalue weighted by atomic mass is 35.5. The third-order valence-electron chi connectivity index (χ3n) is 2.66. The van der Waals surface area contributed by atoms with E-state index in [1.807, 2.05) is 0 Å². The average Bonchev–Trinajstić information content (AvgIpc) is 2.61. The summed E-state index contributed by atoms with van der Waals surface area (Å²) in [6.45, 7) is 0. The largest absolute Gasteiger partial charge is 0.502 e. The molecule has 1 saturated heterocycles. The maximum atomic E-state index is 11.7. The molecular weight excluding hydrogens is 290 g/mol. The lowest BCUT2D eigenvalue weighted by molar-refractivity contribution is -0.385. The molecule has 1 aromatic carbocycles. The second kappa shape index (κ2) is 4.82. The number of hydrogen-bond donors (Lipinski definition) is 2. The van der Waals surface area contributed by atoms with Crippen LogP contribution >= 0.6 is 11.6 Å². The van der Waals surface area contributed by atoms with Crippen LogP contribution in [-0.4, -0.2) is 33.9 Å². The van der Waals surface area contributed by atoms with Gasteiger partial charge in [-0.3, -0.25) is 19.8 Å². The molecule has 3 amide bonds. The number of benzene rings is 1. The molecule has 2 rings (SSSR count). The maximum absolute atomic E-state index is 11.7. The molecule has 1 aliphatic rings. The van der Waals surface area contributed by atoms with Crippen LogP contribution in [0, 0.1) is 10.1 Å². The van der Waals surface area contributed by atoms with Crippen LogP contribution < -0.4 is 5.32 Å². The van der Waals surface area contributed by atoms with E-state index in [1.54, 1.807) is 0 Å². The zero-order valence-corrected chi connectivity index (χ0v) is 10.8. The van der Waals surface area contributed by atoms with E-state index >= 15 is 0 Å². The molecule has 0 bridgehead atoms. The van der Waals surface area contributed by atoms with Crippen molar-refractivity contribution in [2.75, 3.05) is 7.05 Å². The van der Waals surface area contributed by atoms with Gasteiger partial charge in [0.2, 0.25) is 5.75 Å². The summed E-state index contributed by atoms with van der Waals surface area (Å²) in [7, 11) is 1.28. The van der Waals surface area contributed by atoms with Gasteiger partial charge in [0.25, 0.3) is 5.91 Å². The van der Waals surface area contributed by atoms with Crippen LogP contribution in [0.25, 0.3) is 6.08 Å². The van der Waals surface area contributed by atoms with Crippen molar-refractivity contribution >= 4 is 35.3 Å². The number of nitrogens with one attached hydrogen (secondary N) is 1. The fourth-order valence-electron chi connectivity index (χ4n) is 1.63. The van der Waals surface area contributed by atoms with E-state index in [0.29, 0.717) is 0 Å². The van der Waals surface area contributed by atoms with Crippen LogP contribution in [0.3, 0.4) is 0 Å². The number of nitro groups is 1. The minimum atomic E-state index is -0.801. The second-order valence-electron chi connectivity index (χ2n) is 3.97. The summed E-state index contributed by atoms with van der Waals surface area (Å²) >= 11 is 5.72. The molecule has 0 aromatic heterocycles. The Morgan fingerprint density at radius 3 is 2.60 bits per heavy atom. The summed E-state index contributed by atoms with van der Waals surface area (Å²) in [6.07, 6.45) is 1.12. The number of hydrogen-bond acceptors (Lipinski definition) is 5. The topological polar surface area (TPSA) is 113 Å². The third-order valence-corrected chi connectivity index (χ3v) is 2.88. The van der Waals surface area contributed by atoms with Crippen molar-refractivity contribution in [3.8, 4) is 5.75 Å². The number of carbonyl (C=O) groups excluding carboxylic acids is 2. The Hall–Kier alpha value is -2.61. The Balaban J connectivity index is 2.52. The number of aromatic hydroxyl groups is 1. The van der Waals surface area contributed by atoms with Gasteiger partial charge in [-0.05, 0) is 12.1 Å². The number of halogens is 1. The van der Waals surface area contributed by atoms with Gasteiger partial charge in [-0.15, -0.1) is 0 Å². The summed E-state index contributed by atoms with van der Waals surface area (Å²) in [6, 6.07) is 1.60. The molecule has 9 heteroatoms. The zero-order valence-electron chi connectivity index (χ0n) is 10.1. The first kappa shape index (κ1) is 13.8. The monoisotopic (exact) mass is 297 g/mol. The molecule has 0 unspecified atom stereocenters. The normalized spacial score (nSPS) is 16.7. The van der Waals surface area contributed by atoms with Gasteiger partial charge in [0.1, 0.15) is 5.70 Å². The number of imide groups is 1. The van der Waals surface area contributed by atoms with Gasteiger partial charge in [0.05, 0.1) is 4.92 Å². The highest BCUT2D eigenvalue weighted by Crippen LogP contribution is 2.34. The van der Waals surface area contributed by atoms with E-state index < -0.39 is 28.3 Å². The minimum Gasteiger partial charge on any atom is -0.502 e. The second-order valence-corrected chi connectivity index (χ2v) is 4.41. The van der Waals surface area contributed by atoms with Crippen molar-refractivity contribution in [2.24, 2.45) is 0 Å². The molecule has 0 spiro atoms. The van der Waals surface area contributed by atoms with Crippen molar-refractivity contribution < 1.29 is 19.6 Å². The molecule has 0 saturated carbocycles. The van der Waals surface area contributed by atoms with Gasteiger partial charge in [-0.2, -0.15) is 0 Å². The molecule has 1 aliphatic heterocycles. The number of urea groups is 1. The summed E-state index contributed by atoms with van der Waals surface area (Å²) in [5.74, 6) is -1.25. The number of carbonyl (C=O) groups is 2. The predicted octanol–water partition coefficient (Wildman–Crippen LogP) is 1.48. The standard InChI is InChI=1S/C11H8ClN3O5/c1-14-10(17)7(13-11(14)18)3-5-2-6(12)4-8(9(5)16)15(19)20/h2-4,16H,1H3,(H,13,18)/b7-3+. The van der Waals surface area contributed by atoms with E-state index in [1.165, 1.54) is 13.1 Å². The van der Waals surface area contributed by atoms with Gasteiger partial charge in [-0.1, -0.05) is 11.6 Å². The quantitative estimate of drug-likeness (QED) is 0.371. The molecule has 1 heterocycles. The van der Waals surface area contributed by atoms with Crippen molar-refractivity contribution in [1.82, 2.24) is 10.2 Å². The number of nitro benzene ring substituents is 1. The number of phenolic OH excluding ortho intramolecular Hbond substituents is 1. The van der Waals surface area contributed by atoms with Gasteiger partial charge >= 0.3 is 11.7 Å². The highest BCUT2D eigenvalue weighted by Gasteiger charge is 2.30. The van der Waals surface area contributed by atoms with Gasteiger partial charge in [0, 0.05) is 23.7 Å². The Bertz CT molecular complexity index is 670. The van der Waals surface area contributed by atoms with E-state index in [2.05, 4.69) is 5.32 Å². The lowest BCUT2D eigenvalue weighted by Crippen LogP contribution is -2.25. The first-order chi connectivity index (χ1) is 9.31. The molecule has 2 N–H and O–H groups in total. The lowest BCUT2D eigenvalue weighted by Gasteiger charge is -2.03. The maximum Gasteiger partial charge on any atom is 0.328 e. The van der Waals surface area contributed by atoms with Crippen LogP contribution in [0.1, 0.15) is 5.56 Å². The van der Waals surface area contributed by atoms with E-state index in [0.717, 1.165) is 17.0 Å². The number of likely N-dealkylation sites (N-methyl/N-ethyl adjacent to an activating group) is 1. The number of nitrogens with zero attached hydrogens (tertiary/aromatic N) is 2. The van der Waals surface area contributed by atoms with Crippen molar-refractivity contribution in [1.29, 1.82) is 0 Å². The molecule has 1 fully saturated rings. The third kappa shape index (κ3) is 2.28. The summed E-state index contributed by atoms with van der Waals surface area (Å²) < 4.78 is 0. The van der Waals surface area contributed by atoms with Crippen LogP contribution in [0.5, 0.6) is 5.75 Å². The summed E-state index contributed by atoms with van der Waals surface area (Å²) in [5, 5.41) is 22.8. The molecule has 8 nitrogen and oxygen atoms in total. The lowest BCUT2D eigenvalue weighted by atomic mass is 10.1.